The van der Waals surface area contributed by atoms with Crippen molar-refractivity contribution in [3.8, 4) is 0 Å². The molecule has 0 spiro atoms. The molecule has 0 aliphatic carbocycles. The molecule has 1 saturated heterocycles. The van der Waals surface area contributed by atoms with Crippen LogP contribution >= 0.6 is 0 Å². The molecule has 1 fully saturated rings. The summed E-state index contributed by atoms with van der Waals surface area (Å²) in [5.74, 6) is 0.252. The Kier molecular flexibility index (Phi) is 3.53. The van der Waals surface area contributed by atoms with E-state index in [0.717, 1.165) is 19.6 Å². The van der Waals surface area contributed by atoms with Crippen LogP contribution in [0.2, 0.25) is 0 Å². The van der Waals surface area contributed by atoms with Crippen molar-refractivity contribution >= 4 is 5.97 Å². The van der Waals surface area contributed by atoms with Crippen LogP contribution < -0.4 is 0 Å². The van der Waals surface area contributed by atoms with Gasteiger partial charge in [0, 0.05) is 5.41 Å². The fourth-order valence-corrected chi connectivity index (χ4v) is 1.84. The molecule has 0 aromatic rings. The normalized spacial score (nSPS) is 21.5. The molecule has 0 aromatic carbocycles. The molecular weight excluding hydrogens is 180 g/mol. The maximum Gasteiger partial charge on any atom is 0.308 e. The standard InChI is InChI=1S/C11H20O3/c1-8(2)9(10(12)13-4)5-11(3)6-14-7-11/h8-9H,5-7H2,1-4H3. The number of methoxy groups -OCH3 is 1. The van der Waals surface area contributed by atoms with Crippen molar-refractivity contribution in [1.82, 2.24) is 0 Å². The highest BCUT2D eigenvalue weighted by Crippen LogP contribution is 2.36. The molecule has 1 heterocycles. The highest BCUT2D eigenvalue weighted by atomic mass is 16.5. The lowest BCUT2D eigenvalue weighted by Crippen LogP contribution is -2.43. The zero-order chi connectivity index (χ0) is 10.8. The van der Waals surface area contributed by atoms with Gasteiger partial charge >= 0.3 is 5.97 Å². The molecule has 0 N–H and O–H groups in total. The average molecular weight is 200 g/mol. The Balaban J connectivity index is 2.55. The second-order valence-electron chi connectivity index (χ2n) is 4.88. The van der Waals surface area contributed by atoms with E-state index in [2.05, 4.69) is 20.8 Å². The summed E-state index contributed by atoms with van der Waals surface area (Å²) in [6.07, 6.45) is 0.872. The molecule has 0 aromatic heterocycles. The van der Waals surface area contributed by atoms with Crippen LogP contribution in [0.4, 0.5) is 0 Å². The number of rotatable bonds is 4. The van der Waals surface area contributed by atoms with E-state index < -0.39 is 0 Å². The number of hydrogen-bond donors (Lipinski definition) is 0. The molecule has 3 heteroatoms. The second-order valence-corrected chi connectivity index (χ2v) is 4.88. The van der Waals surface area contributed by atoms with Crippen molar-refractivity contribution < 1.29 is 14.3 Å². The quantitative estimate of drug-likeness (QED) is 0.650. The molecule has 0 saturated carbocycles. The van der Waals surface area contributed by atoms with Crippen molar-refractivity contribution in [2.24, 2.45) is 17.3 Å². The summed E-state index contributed by atoms with van der Waals surface area (Å²) in [6, 6.07) is 0. The first-order valence-electron chi connectivity index (χ1n) is 5.14. The SMILES string of the molecule is COC(=O)C(CC1(C)COC1)C(C)C. The summed E-state index contributed by atoms with van der Waals surface area (Å²) in [7, 11) is 1.46. The number of ether oxygens (including phenoxy) is 2. The maximum absolute atomic E-state index is 11.5. The van der Waals surface area contributed by atoms with E-state index >= 15 is 0 Å². The van der Waals surface area contributed by atoms with Crippen molar-refractivity contribution in [3.63, 3.8) is 0 Å². The lowest BCUT2D eigenvalue weighted by molar-refractivity contribution is -0.155. The van der Waals surface area contributed by atoms with Crippen molar-refractivity contribution in [3.05, 3.63) is 0 Å². The molecule has 1 rings (SSSR count). The van der Waals surface area contributed by atoms with Crippen LogP contribution in [0.25, 0.3) is 0 Å². The minimum absolute atomic E-state index is 0.00824. The number of carbonyl (C=O) groups is 1. The Morgan fingerprint density at radius 2 is 2.07 bits per heavy atom. The van der Waals surface area contributed by atoms with Gasteiger partial charge in [0.25, 0.3) is 0 Å². The highest BCUT2D eigenvalue weighted by Gasteiger charge is 2.39. The summed E-state index contributed by atoms with van der Waals surface area (Å²) in [4.78, 5) is 11.5. The van der Waals surface area contributed by atoms with Gasteiger partial charge in [-0.2, -0.15) is 0 Å². The first-order valence-corrected chi connectivity index (χ1v) is 5.14. The van der Waals surface area contributed by atoms with Gasteiger partial charge in [0.15, 0.2) is 0 Å². The lowest BCUT2D eigenvalue weighted by Gasteiger charge is -2.40. The number of esters is 1. The minimum atomic E-state index is -0.0897. The van der Waals surface area contributed by atoms with Gasteiger partial charge in [0.2, 0.25) is 0 Å². The van der Waals surface area contributed by atoms with E-state index in [-0.39, 0.29) is 17.3 Å². The number of carbonyl (C=O) groups excluding carboxylic acids is 1. The van der Waals surface area contributed by atoms with Crippen molar-refractivity contribution in [2.75, 3.05) is 20.3 Å². The third kappa shape index (κ3) is 2.47. The zero-order valence-corrected chi connectivity index (χ0v) is 9.50. The van der Waals surface area contributed by atoms with Crippen molar-refractivity contribution in [2.45, 2.75) is 27.2 Å². The molecule has 1 aliphatic heterocycles. The molecule has 14 heavy (non-hydrogen) atoms. The second kappa shape index (κ2) is 4.30. The van der Waals surface area contributed by atoms with E-state index in [1.807, 2.05) is 0 Å². The summed E-state index contributed by atoms with van der Waals surface area (Å²) < 4.78 is 9.99. The van der Waals surface area contributed by atoms with Gasteiger partial charge in [0.05, 0.1) is 26.2 Å². The van der Waals surface area contributed by atoms with Crippen LogP contribution in [0, 0.1) is 17.3 Å². The Morgan fingerprint density at radius 3 is 2.36 bits per heavy atom. The van der Waals surface area contributed by atoms with Gasteiger partial charge in [-0.1, -0.05) is 20.8 Å². The Morgan fingerprint density at radius 1 is 1.50 bits per heavy atom. The van der Waals surface area contributed by atoms with E-state index in [1.54, 1.807) is 0 Å². The molecule has 1 atom stereocenters. The van der Waals surface area contributed by atoms with Crippen molar-refractivity contribution in [1.29, 1.82) is 0 Å². The van der Waals surface area contributed by atoms with E-state index in [0.29, 0.717) is 5.92 Å². The van der Waals surface area contributed by atoms with Gasteiger partial charge in [0.1, 0.15) is 0 Å². The largest absolute Gasteiger partial charge is 0.469 e. The Hall–Kier alpha value is -0.570. The Bertz CT molecular complexity index is 207. The summed E-state index contributed by atoms with van der Waals surface area (Å²) >= 11 is 0. The number of hydrogen-bond acceptors (Lipinski definition) is 3. The smallest absolute Gasteiger partial charge is 0.308 e. The molecule has 82 valence electrons. The van der Waals surface area contributed by atoms with E-state index in [9.17, 15) is 4.79 Å². The van der Waals surface area contributed by atoms with Crippen LogP contribution in [0.3, 0.4) is 0 Å². The summed E-state index contributed by atoms with van der Waals surface area (Å²) in [6.45, 7) is 7.82. The van der Waals surface area contributed by atoms with Crippen LogP contribution in [0.1, 0.15) is 27.2 Å². The third-order valence-electron chi connectivity index (χ3n) is 2.92. The third-order valence-corrected chi connectivity index (χ3v) is 2.92. The first-order chi connectivity index (χ1) is 6.48. The van der Waals surface area contributed by atoms with Crippen LogP contribution in [0.15, 0.2) is 0 Å². The van der Waals surface area contributed by atoms with Gasteiger partial charge < -0.3 is 9.47 Å². The molecule has 0 bridgehead atoms. The van der Waals surface area contributed by atoms with E-state index in [1.165, 1.54) is 7.11 Å². The molecular formula is C11H20O3. The predicted octanol–water partition coefficient (Wildman–Crippen LogP) is 1.86. The average Bonchev–Trinajstić information content (AvgIpc) is 2.09. The maximum atomic E-state index is 11.5. The minimum Gasteiger partial charge on any atom is -0.469 e. The summed E-state index contributed by atoms with van der Waals surface area (Å²) in [5, 5.41) is 0. The fourth-order valence-electron chi connectivity index (χ4n) is 1.84. The van der Waals surface area contributed by atoms with E-state index in [4.69, 9.17) is 9.47 Å². The van der Waals surface area contributed by atoms with Crippen LogP contribution in [0.5, 0.6) is 0 Å². The van der Waals surface area contributed by atoms with Gasteiger partial charge in [-0.25, -0.2) is 0 Å². The first kappa shape index (κ1) is 11.5. The topological polar surface area (TPSA) is 35.5 Å². The molecule has 3 nitrogen and oxygen atoms in total. The lowest BCUT2D eigenvalue weighted by atomic mass is 9.76. The van der Waals surface area contributed by atoms with Crippen LogP contribution in [-0.4, -0.2) is 26.3 Å². The van der Waals surface area contributed by atoms with Crippen LogP contribution in [-0.2, 0) is 14.3 Å². The van der Waals surface area contributed by atoms with Gasteiger partial charge in [-0.05, 0) is 12.3 Å². The predicted molar refractivity (Wildman–Crippen MR) is 53.9 cm³/mol. The monoisotopic (exact) mass is 200 g/mol. The Labute approximate surface area is 85.8 Å². The molecule has 0 radical (unpaired) electrons. The van der Waals surface area contributed by atoms with Gasteiger partial charge in [-0.3, -0.25) is 4.79 Å². The highest BCUT2D eigenvalue weighted by molar-refractivity contribution is 5.72. The molecule has 1 unspecified atom stereocenters. The van der Waals surface area contributed by atoms with Gasteiger partial charge in [-0.15, -0.1) is 0 Å². The summed E-state index contributed by atoms with van der Waals surface area (Å²) in [5.41, 5.74) is 0.184. The molecule has 1 aliphatic rings. The zero-order valence-electron chi connectivity index (χ0n) is 9.50. The molecule has 0 amide bonds. The fraction of sp³-hybridized carbons (Fsp3) is 0.909.